The Bertz CT molecular complexity index is 1560. The van der Waals surface area contributed by atoms with Crippen molar-refractivity contribution < 1.29 is 9.50 Å². The Labute approximate surface area is 195 Å². The first kappa shape index (κ1) is 21.8. The summed E-state index contributed by atoms with van der Waals surface area (Å²) in [4.78, 5) is 17.8. The summed E-state index contributed by atoms with van der Waals surface area (Å²) in [6.07, 6.45) is 3.51. The van der Waals surface area contributed by atoms with Crippen LogP contribution in [0, 0.1) is 5.82 Å². The molecule has 3 heterocycles. The second-order valence-electron chi connectivity index (χ2n) is 8.88. The van der Waals surface area contributed by atoms with Gasteiger partial charge in [0.25, 0.3) is 0 Å². The largest absolute Gasteiger partial charge is 0.386 e. The van der Waals surface area contributed by atoms with Crippen LogP contribution in [0.4, 0.5) is 4.39 Å². The zero-order valence-electron chi connectivity index (χ0n) is 19.1. The van der Waals surface area contributed by atoms with E-state index < -0.39 is 5.60 Å². The molecule has 172 valence electrons. The Balaban J connectivity index is 1.50. The van der Waals surface area contributed by atoms with Gasteiger partial charge >= 0.3 is 5.69 Å². The van der Waals surface area contributed by atoms with E-state index in [-0.39, 0.29) is 11.5 Å². The third kappa shape index (κ3) is 3.92. The quantitative estimate of drug-likeness (QED) is 0.433. The van der Waals surface area contributed by atoms with E-state index >= 15 is 0 Å². The molecule has 34 heavy (non-hydrogen) atoms. The third-order valence-electron chi connectivity index (χ3n) is 5.91. The summed E-state index contributed by atoms with van der Waals surface area (Å²) in [7, 11) is 1.70. The number of aromatic nitrogens is 5. The number of halogens is 1. The van der Waals surface area contributed by atoms with Gasteiger partial charge in [-0.15, -0.1) is 0 Å². The second-order valence-corrected chi connectivity index (χ2v) is 8.88. The molecule has 5 aromatic rings. The van der Waals surface area contributed by atoms with E-state index in [9.17, 15) is 14.3 Å². The molecule has 0 aliphatic carbocycles. The van der Waals surface area contributed by atoms with Gasteiger partial charge in [-0.2, -0.15) is 5.10 Å². The van der Waals surface area contributed by atoms with Gasteiger partial charge in [-0.3, -0.25) is 9.13 Å². The van der Waals surface area contributed by atoms with Crippen LogP contribution in [-0.2, 0) is 19.2 Å². The number of pyridine rings is 1. The Morgan fingerprint density at radius 2 is 1.82 bits per heavy atom. The number of benzene rings is 2. The van der Waals surface area contributed by atoms with E-state index in [4.69, 9.17) is 4.98 Å². The molecule has 7 nitrogen and oxygen atoms in total. The maximum absolute atomic E-state index is 13.2. The Kier molecular flexibility index (Phi) is 5.17. The van der Waals surface area contributed by atoms with Gasteiger partial charge < -0.3 is 5.11 Å². The number of nitrogens with zero attached hydrogens (tertiary/aromatic N) is 5. The summed E-state index contributed by atoms with van der Waals surface area (Å²) >= 11 is 0. The maximum atomic E-state index is 13.2. The normalized spacial score (nSPS) is 11.9. The molecule has 0 radical (unpaired) electrons. The Morgan fingerprint density at radius 3 is 2.56 bits per heavy atom. The third-order valence-corrected chi connectivity index (χ3v) is 5.91. The van der Waals surface area contributed by atoms with E-state index in [1.54, 1.807) is 48.5 Å². The van der Waals surface area contributed by atoms with Crippen molar-refractivity contribution >= 4 is 11.2 Å². The number of aryl methyl sites for hydroxylation is 1. The van der Waals surface area contributed by atoms with Crippen LogP contribution in [0.15, 0.2) is 77.9 Å². The van der Waals surface area contributed by atoms with E-state index in [0.717, 1.165) is 28.1 Å². The smallest absolute Gasteiger partial charge is 0.330 e. The fourth-order valence-electron chi connectivity index (χ4n) is 4.01. The monoisotopic (exact) mass is 457 g/mol. The Hall–Kier alpha value is -4.04. The number of fused-ring (bicyclic) bond motifs is 1. The number of aliphatic hydroxyl groups is 1. The van der Waals surface area contributed by atoms with E-state index in [1.807, 2.05) is 42.6 Å². The van der Waals surface area contributed by atoms with Crippen LogP contribution >= 0.6 is 0 Å². The molecule has 0 aliphatic heterocycles. The van der Waals surface area contributed by atoms with Crippen LogP contribution < -0.4 is 5.69 Å². The molecular formula is C26H24FN5O2. The lowest BCUT2D eigenvalue weighted by Gasteiger charge is -2.18. The SMILES string of the molecule is Cn1c(=O)n(Cc2cnn(-c3ccc(F)cc3)c2)c2ccc(-c3cccc(C(C)(C)O)c3)nc21. The molecule has 0 spiro atoms. The molecule has 1 N–H and O–H groups in total. The van der Waals surface area contributed by atoms with Gasteiger partial charge in [0.2, 0.25) is 0 Å². The lowest BCUT2D eigenvalue weighted by molar-refractivity contribution is 0.0786. The van der Waals surface area contributed by atoms with Crippen LogP contribution in [0.3, 0.4) is 0 Å². The van der Waals surface area contributed by atoms with Crippen LogP contribution in [0.2, 0.25) is 0 Å². The van der Waals surface area contributed by atoms with Crippen molar-refractivity contribution in [3.8, 4) is 16.9 Å². The molecule has 5 rings (SSSR count). The highest BCUT2D eigenvalue weighted by Gasteiger charge is 2.18. The summed E-state index contributed by atoms with van der Waals surface area (Å²) in [6, 6.07) is 17.4. The molecule has 0 aliphatic rings. The number of hydrogen-bond donors (Lipinski definition) is 1. The van der Waals surface area contributed by atoms with Gasteiger partial charge in [0.05, 0.1) is 35.2 Å². The van der Waals surface area contributed by atoms with Gasteiger partial charge in [0.15, 0.2) is 5.65 Å². The topological polar surface area (TPSA) is 77.9 Å². The summed E-state index contributed by atoms with van der Waals surface area (Å²) in [5, 5.41) is 14.7. The lowest BCUT2D eigenvalue weighted by atomic mass is 9.95. The van der Waals surface area contributed by atoms with Crippen molar-refractivity contribution in [3.05, 3.63) is 100 Å². The van der Waals surface area contributed by atoms with Crippen LogP contribution in [0.5, 0.6) is 0 Å². The molecule has 0 saturated heterocycles. The molecule has 2 aromatic carbocycles. The first-order chi connectivity index (χ1) is 16.2. The van der Waals surface area contributed by atoms with Gasteiger partial charge in [-0.25, -0.2) is 18.9 Å². The molecule has 0 saturated carbocycles. The van der Waals surface area contributed by atoms with Gasteiger partial charge in [-0.1, -0.05) is 18.2 Å². The van der Waals surface area contributed by atoms with Crippen molar-refractivity contribution in [2.75, 3.05) is 0 Å². The van der Waals surface area contributed by atoms with Crippen LogP contribution in [0.25, 0.3) is 28.1 Å². The zero-order chi connectivity index (χ0) is 24.0. The summed E-state index contributed by atoms with van der Waals surface area (Å²) < 4.78 is 18.1. The van der Waals surface area contributed by atoms with Crippen molar-refractivity contribution in [2.24, 2.45) is 7.05 Å². The first-order valence-electron chi connectivity index (χ1n) is 10.9. The van der Waals surface area contributed by atoms with E-state index in [0.29, 0.717) is 17.7 Å². The summed E-state index contributed by atoms with van der Waals surface area (Å²) in [5.41, 5.74) is 4.08. The molecule has 3 aromatic heterocycles. The highest BCUT2D eigenvalue weighted by Crippen LogP contribution is 2.26. The number of rotatable bonds is 5. The van der Waals surface area contributed by atoms with Gasteiger partial charge in [-0.05, 0) is 61.9 Å². The molecular weight excluding hydrogens is 433 g/mol. The second kappa shape index (κ2) is 8.07. The fraction of sp³-hybridized carbons (Fsp3) is 0.192. The highest BCUT2D eigenvalue weighted by molar-refractivity contribution is 5.76. The fourth-order valence-corrected chi connectivity index (χ4v) is 4.01. The Morgan fingerprint density at radius 1 is 1.06 bits per heavy atom. The first-order valence-corrected chi connectivity index (χ1v) is 10.9. The lowest BCUT2D eigenvalue weighted by Crippen LogP contribution is -2.22. The average Bonchev–Trinajstić information content (AvgIpc) is 3.38. The predicted molar refractivity (Wildman–Crippen MR) is 128 cm³/mol. The minimum atomic E-state index is -0.964. The molecule has 0 fully saturated rings. The molecule has 0 atom stereocenters. The van der Waals surface area contributed by atoms with Crippen molar-refractivity contribution in [3.63, 3.8) is 0 Å². The zero-order valence-corrected chi connectivity index (χ0v) is 19.1. The molecule has 0 bridgehead atoms. The molecule has 0 amide bonds. The average molecular weight is 458 g/mol. The van der Waals surface area contributed by atoms with Crippen LogP contribution in [-0.4, -0.2) is 29.0 Å². The summed E-state index contributed by atoms with van der Waals surface area (Å²) in [6.45, 7) is 3.81. The van der Waals surface area contributed by atoms with E-state index in [1.165, 1.54) is 16.7 Å². The maximum Gasteiger partial charge on any atom is 0.330 e. The molecule has 8 heteroatoms. The van der Waals surface area contributed by atoms with Crippen molar-refractivity contribution in [2.45, 2.75) is 26.0 Å². The highest BCUT2D eigenvalue weighted by atomic mass is 19.1. The molecule has 0 unspecified atom stereocenters. The van der Waals surface area contributed by atoms with Crippen molar-refractivity contribution in [1.29, 1.82) is 0 Å². The van der Waals surface area contributed by atoms with Crippen LogP contribution in [0.1, 0.15) is 25.0 Å². The minimum absolute atomic E-state index is 0.181. The van der Waals surface area contributed by atoms with Gasteiger partial charge in [0.1, 0.15) is 5.82 Å². The van der Waals surface area contributed by atoms with E-state index in [2.05, 4.69) is 5.10 Å². The predicted octanol–water partition coefficient (Wildman–Crippen LogP) is 4.00. The summed E-state index contributed by atoms with van der Waals surface area (Å²) in [5.74, 6) is -0.308. The number of imidazole rings is 1. The van der Waals surface area contributed by atoms with Gasteiger partial charge in [0, 0.05) is 24.4 Å². The van der Waals surface area contributed by atoms with Crippen molar-refractivity contribution in [1.82, 2.24) is 23.9 Å². The minimum Gasteiger partial charge on any atom is -0.386 e. The number of hydrogen-bond acceptors (Lipinski definition) is 4. The standard InChI is InChI=1S/C26H24FN5O2/c1-26(2,34)19-6-4-5-18(13-19)22-11-12-23-24(29-22)30(3)25(33)31(23)15-17-14-28-32(16-17)21-9-7-20(27)8-10-21/h4-14,16,34H,15H2,1-3H3.